The summed E-state index contributed by atoms with van der Waals surface area (Å²) in [5, 5.41) is 9.60. The number of carbonyl (C=O) groups excluding carboxylic acids is 1. The van der Waals surface area contributed by atoms with Crippen LogP contribution in [-0.4, -0.2) is 56.0 Å². The van der Waals surface area contributed by atoms with Gasteiger partial charge in [-0.25, -0.2) is 8.42 Å². The maximum atomic E-state index is 11.5. The number of nitrogens with zero attached hydrogens (tertiary/aromatic N) is 1. The van der Waals surface area contributed by atoms with Crippen molar-refractivity contribution >= 4 is 15.7 Å². The first-order valence-corrected chi connectivity index (χ1v) is 7.45. The number of carbonyl (C=O) groups is 1. The van der Waals surface area contributed by atoms with Crippen molar-refractivity contribution in [3.63, 3.8) is 0 Å². The summed E-state index contributed by atoms with van der Waals surface area (Å²) in [5.41, 5.74) is 0. The topological polar surface area (TPSA) is 74.7 Å². The van der Waals surface area contributed by atoms with E-state index < -0.39 is 21.5 Å². The van der Waals surface area contributed by atoms with Crippen LogP contribution in [0.1, 0.15) is 19.3 Å². The molecular weight excluding hydrogens is 230 g/mol. The molecule has 2 atom stereocenters. The smallest absolute Gasteiger partial charge is 0.237 e. The predicted octanol–water partition coefficient (Wildman–Crippen LogP) is -0.350. The SMILES string of the molecule is CN(CC1CCCC1O)C(=O)CS(C)(=O)=O. The summed E-state index contributed by atoms with van der Waals surface area (Å²) >= 11 is 0. The van der Waals surface area contributed by atoms with Crippen molar-refractivity contribution in [3.05, 3.63) is 0 Å². The van der Waals surface area contributed by atoms with Gasteiger partial charge in [-0.3, -0.25) is 4.79 Å². The molecule has 0 saturated heterocycles. The third-order valence-corrected chi connectivity index (χ3v) is 3.71. The van der Waals surface area contributed by atoms with Crippen LogP contribution >= 0.6 is 0 Å². The Hall–Kier alpha value is -0.620. The summed E-state index contributed by atoms with van der Waals surface area (Å²) in [6.07, 6.45) is 3.34. The number of amides is 1. The molecule has 1 N–H and O–H groups in total. The predicted molar refractivity (Wildman–Crippen MR) is 60.7 cm³/mol. The van der Waals surface area contributed by atoms with E-state index in [2.05, 4.69) is 0 Å². The van der Waals surface area contributed by atoms with Gasteiger partial charge in [0.25, 0.3) is 0 Å². The fourth-order valence-corrected chi connectivity index (χ4v) is 2.69. The van der Waals surface area contributed by atoms with E-state index in [9.17, 15) is 18.3 Å². The molecule has 0 bridgehead atoms. The third kappa shape index (κ3) is 4.09. The van der Waals surface area contributed by atoms with Crippen molar-refractivity contribution in [1.29, 1.82) is 0 Å². The summed E-state index contributed by atoms with van der Waals surface area (Å²) < 4.78 is 21.9. The molecule has 1 aliphatic carbocycles. The Balaban J connectivity index is 2.45. The molecule has 0 aromatic rings. The molecule has 0 aromatic heterocycles. The van der Waals surface area contributed by atoms with E-state index in [4.69, 9.17) is 0 Å². The van der Waals surface area contributed by atoms with Crippen molar-refractivity contribution in [2.24, 2.45) is 5.92 Å². The molecule has 1 rings (SSSR count). The van der Waals surface area contributed by atoms with Gasteiger partial charge in [0.2, 0.25) is 5.91 Å². The normalized spacial score (nSPS) is 25.7. The molecule has 1 fully saturated rings. The van der Waals surface area contributed by atoms with E-state index in [1.165, 1.54) is 4.90 Å². The lowest BCUT2D eigenvalue weighted by Crippen LogP contribution is -2.37. The fraction of sp³-hybridized carbons (Fsp3) is 0.900. The zero-order chi connectivity index (χ0) is 12.3. The van der Waals surface area contributed by atoms with E-state index in [0.717, 1.165) is 25.5 Å². The van der Waals surface area contributed by atoms with E-state index in [1.54, 1.807) is 7.05 Å². The molecule has 16 heavy (non-hydrogen) atoms. The molecule has 0 radical (unpaired) electrons. The van der Waals surface area contributed by atoms with Crippen molar-refractivity contribution in [3.8, 4) is 0 Å². The maximum absolute atomic E-state index is 11.5. The van der Waals surface area contributed by atoms with Crippen LogP contribution in [0.25, 0.3) is 0 Å². The highest BCUT2D eigenvalue weighted by atomic mass is 32.2. The average Bonchev–Trinajstić information content (AvgIpc) is 2.49. The monoisotopic (exact) mass is 249 g/mol. The summed E-state index contributed by atoms with van der Waals surface area (Å²) in [5.74, 6) is -0.762. The Morgan fingerprint density at radius 3 is 2.50 bits per heavy atom. The lowest BCUT2D eigenvalue weighted by molar-refractivity contribution is -0.128. The van der Waals surface area contributed by atoms with Crippen molar-refractivity contribution < 1.29 is 18.3 Å². The van der Waals surface area contributed by atoms with Gasteiger partial charge in [-0.15, -0.1) is 0 Å². The van der Waals surface area contributed by atoms with Gasteiger partial charge in [-0.05, 0) is 12.8 Å². The zero-order valence-corrected chi connectivity index (χ0v) is 10.5. The van der Waals surface area contributed by atoms with Crippen LogP contribution in [0.5, 0.6) is 0 Å². The second-order valence-electron chi connectivity index (χ2n) is 4.60. The lowest BCUT2D eigenvalue weighted by Gasteiger charge is -2.22. The minimum absolute atomic E-state index is 0.0912. The molecule has 94 valence electrons. The highest BCUT2D eigenvalue weighted by Crippen LogP contribution is 2.25. The van der Waals surface area contributed by atoms with E-state index in [1.807, 2.05) is 0 Å². The molecule has 0 aliphatic heterocycles. The van der Waals surface area contributed by atoms with Crippen LogP contribution in [0.4, 0.5) is 0 Å². The maximum Gasteiger partial charge on any atom is 0.237 e. The Kier molecular flexibility index (Phi) is 4.32. The van der Waals surface area contributed by atoms with Gasteiger partial charge in [-0.2, -0.15) is 0 Å². The third-order valence-electron chi connectivity index (χ3n) is 2.94. The Labute approximate surface area is 96.4 Å². The molecular formula is C10H19NO4S. The Morgan fingerprint density at radius 2 is 2.06 bits per heavy atom. The molecule has 2 unspecified atom stereocenters. The largest absolute Gasteiger partial charge is 0.393 e. The average molecular weight is 249 g/mol. The number of sulfone groups is 1. The van der Waals surface area contributed by atoms with Gasteiger partial charge in [0.05, 0.1) is 6.10 Å². The molecule has 0 spiro atoms. The summed E-state index contributed by atoms with van der Waals surface area (Å²) in [6, 6.07) is 0. The van der Waals surface area contributed by atoms with Gasteiger partial charge in [0, 0.05) is 25.8 Å². The number of rotatable bonds is 4. The van der Waals surface area contributed by atoms with Crippen molar-refractivity contribution in [1.82, 2.24) is 4.90 Å². The molecule has 6 heteroatoms. The zero-order valence-electron chi connectivity index (χ0n) is 9.72. The van der Waals surface area contributed by atoms with Crippen LogP contribution in [0.15, 0.2) is 0 Å². The van der Waals surface area contributed by atoms with Gasteiger partial charge in [0.15, 0.2) is 9.84 Å². The quantitative estimate of drug-likeness (QED) is 0.739. The second-order valence-corrected chi connectivity index (χ2v) is 6.74. The van der Waals surface area contributed by atoms with E-state index in [-0.39, 0.29) is 12.0 Å². The van der Waals surface area contributed by atoms with Crippen LogP contribution < -0.4 is 0 Å². The summed E-state index contributed by atoms with van der Waals surface area (Å²) in [6.45, 7) is 0.440. The van der Waals surface area contributed by atoms with Crippen molar-refractivity contribution in [2.45, 2.75) is 25.4 Å². The Bertz CT molecular complexity index is 352. The van der Waals surface area contributed by atoms with Gasteiger partial charge in [0.1, 0.15) is 5.75 Å². The van der Waals surface area contributed by atoms with E-state index >= 15 is 0 Å². The number of aliphatic hydroxyl groups is 1. The molecule has 0 aromatic carbocycles. The molecule has 5 nitrogen and oxygen atoms in total. The van der Waals surface area contributed by atoms with Crippen LogP contribution in [0.3, 0.4) is 0 Å². The minimum Gasteiger partial charge on any atom is -0.393 e. The first-order chi connectivity index (χ1) is 7.29. The lowest BCUT2D eigenvalue weighted by atomic mass is 10.1. The minimum atomic E-state index is -3.27. The molecule has 0 heterocycles. The molecule has 1 saturated carbocycles. The fourth-order valence-electron chi connectivity index (χ4n) is 2.02. The standard InChI is InChI=1S/C10H19NO4S/c1-11(10(13)7-16(2,14)15)6-8-4-3-5-9(8)12/h8-9,12H,3-7H2,1-2H3. The van der Waals surface area contributed by atoms with Gasteiger partial charge >= 0.3 is 0 Å². The molecule has 1 aliphatic rings. The molecule has 1 amide bonds. The van der Waals surface area contributed by atoms with Crippen LogP contribution in [-0.2, 0) is 14.6 Å². The van der Waals surface area contributed by atoms with Crippen LogP contribution in [0, 0.1) is 5.92 Å². The second kappa shape index (κ2) is 5.14. The van der Waals surface area contributed by atoms with Crippen molar-refractivity contribution in [2.75, 3.05) is 25.6 Å². The number of hydrogen-bond donors (Lipinski definition) is 1. The summed E-state index contributed by atoms with van der Waals surface area (Å²) in [4.78, 5) is 12.9. The highest BCUT2D eigenvalue weighted by Gasteiger charge is 2.28. The van der Waals surface area contributed by atoms with Gasteiger partial charge in [-0.1, -0.05) is 6.42 Å². The first-order valence-electron chi connectivity index (χ1n) is 5.39. The Morgan fingerprint density at radius 1 is 1.44 bits per heavy atom. The van der Waals surface area contributed by atoms with Gasteiger partial charge < -0.3 is 10.0 Å². The first kappa shape index (κ1) is 13.4. The highest BCUT2D eigenvalue weighted by molar-refractivity contribution is 7.91. The number of hydrogen-bond acceptors (Lipinski definition) is 4. The summed E-state index contributed by atoms with van der Waals surface area (Å²) in [7, 11) is -1.69. The number of aliphatic hydroxyl groups excluding tert-OH is 1. The van der Waals surface area contributed by atoms with Crippen LogP contribution in [0.2, 0.25) is 0 Å². The van der Waals surface area contributed by atoms with E-state index in [0.29, 0.717) is 6.54 Å².